The van der Waals surface area contributed by atoms with E-state index in [0.29, 0.717) is 5.52 Å². The first kappa shape index (κ1) is 18.2. The average Bonchev–Trinajstić information content (AvgIpc) is 3.11. The molecule has 0 aliphatic heterocycles. The van der Waals surface area contributed by atoms with Crippen molar-refractivity contribution >= 4 is 5.52 Å². The molecule has 1 N–H and O–H groups in total. The summed E-state index contributed by atoms with van der Waals surface area (Å²) < 4.78 is 3.14. The van der Waals surface area contributed by atoms with E-state index < -0.39 is 6.10 Å². The maximum absolute atomic E-state index is 12.9. The van der Waals surface area contributed by atoms with Crippen LogP contribution < -0.4 is 5.56 Å². The number of hydrogen-bond donors (Lipinski definition) is 1. The largest absolute Gasteiger partial charge is 0.387 e. The minimum Gasteiger partial charge on any atom is -0.387 e. The van der Waals surface area contributed by atoms with E-state index >= 15 is 0 Å². The highest BCUT2D eigenvalue weighted by molar-refractivity contribution is 5.65. The molecule has 2 aromatic carbocycles. The highest BCUT2D eigenvalue weighted by Crippen LogP contribution is 2.21. The third-order valence-corrected chi connectivity index (χ3v) is 5.11. The van der Waals surface area contributed by atoms with Crippen molar-refractivity contribution in [1.82, 2.24) is 14.2 Å². The van der Waals surface area contributed by atoms with Crippen molar-refractivity contribution < 1.29 is 5.11 Å². The molecule has 0 saturated carbocycles. The topological polar surface area (TPSA) is 59.5 Å². The fourth-order valence-corrected chi connectivity index (χ4v) is 3.44. The summed E-state index contributed by atoms with van der Waals surface area (Å²) in [5.41, 5.74) is 6.17. The van der Waals surface area contributed by atoms with Crippen LogP contribution in [0.3, 0.4) is 0 Å². The van der Waals surface area contributed by atoms with E-state index in [1.54, 1.807) is 27.5 Å². The van der Waals surface area contributed by atoms with Gasteiger partial charge < -0.3 is 9.67 Å². The summed E-state index contributed by atoms with van der Waals surface area (Å²) >= 11 is 0. The van der Waals surface area contributed by atoms with Gasteiger partial charge in [0.25, 0.3) is 5.56 Å². The van der Waals surface area contributed by atoms with E-state index in [0.717, 1.165) is 27.9 Å². The Kier molecular flexibility index (Phi) is 4.61. The summed E-state index contributed by atoms with van der Waals surface area (Å²) in [6.07, 6.45) is 2.68. The zero-order chi connectivity index (χ0) is 19.8. The lowest BCUT2D eigenvalue weighted by Crippen LogP contribution is -2.24. The van der Waals surface area contributed by atoms with Gasteiger partial charge in [-0.2, -0.15) is 5.10 Å². The van der Waals surface area contributed by atoms with Crippen molar-refractivity contribution in [3.63, 3.8) is 0 Å². The molecule has 0 aliphatic carbocycles. The van der Waals surface area contributed by atoms with Gasteiger partial charge in [-0.25, -0.2) is 4.52 Å². The number of benzene rings is 2. The Hall–Kier alpha value is -3.18. The molecule has 1 atom stereocenters. The minimum atomic E-state index is -0.750. The second-order valence-electron chi connectivity index (χ2n) is 7.36. The van der Waals surface area contributed by atoms with Gasteiger partial charge in [-0.1, -0.05) is 53.6 Å². The molecule has 4 rings (SSSR count). The first-order valence-electron chi connectivity index (χ1n) is 9.33. The van der Waals surface area contributed by atoms with Gasteiger partial charge in [0, 0.05) is 18.0 Å². The van der Waals surface area contributed by atoms with Crippen LogP contribution in [-0.2, 0) is 6.54 Å². The summed E-state index contributed by atoms with van der Waals surface area (Å²) in [6, 6.07) is 15.8. The number of fused-ring (bicyclic) bond motifs is 1. The fraction of sp³-hybridized carbons (Fsp3) is 0.217. The molecule has 5 nitrogen and oxygen atoms in total. The van der Waals surface area contributed by atoms with Crippen LogP contribution in [-0.4, -0.2) is 19.3 Å². The molecular weight excluding hydrogens is 350 g/mol. The second kappa shape index (κ2) is 7.09. The molecule has 0 saturated heterocycles. The molecule has 0 spiro atoms. The molecule has 0 fully saturated rings. The Balaban J connectivity index is 1.69. The predicted molar refractivity (Wildman–Crippen MR) is 111 cm³/mol. The fourth-order valence-electron chi connectivity index (χ4n) is 3.44. The zero-order valence-corrected chi connectivity index (χ0v) is 16.3. The van der Waals surface area contributed by atoms with Crippen LogP contribution in [0.2, 0.25) is 0 Å². The van der Waals surface area contributed by atoms with Gasteiger partial charge in [-0.3, -0.25) is 4.79 Å². The lowest BCUT2D eigenvalue weighted by atomic mass is 10.0. The van der Waals surface area contributed by atoms with Gasteiger partial charge in [0.05, 0.1) is 18.3 Å². The second-order valence-corrected chi connectivity index (χ2v) is 7.36. The van der Waals surface area contributed by atoms with Crippen LogP contribution in [0.5, 0.6) is 0 Å². The van der Waals surface area contributed by atoms with Crippen LogP contribution in [0.4, 0.5) is 0 Å². The first-order valence-corrected chi connectivity index (χ1v) is 9.33. The number of nitrogens with zero attached hydrogens (tertiary/aromatic N) is 3. The summed E-state index contributed by atoms with van der Waals surface area (Å²) in [7, 11) is 0. The Labute approximate surface area is 163 Å². The smallest absolute Gasteiger partial charge is 0.276 e. The standard InChI is InChI=1S/C23H23N3O2/c1-15-5-8-18(9-6-15)20-13-21-23(28)25(10-11-26(21)24-20)14-22(27)19-12-16(2)4-7-17(19)3/h4-13,22,27H,14H2,1-3H3/t22-/m1/s1. The molecule has 2 aromatic heterocycles. The molecule has 28 heavy (non-hydrogen) atoms. The van der Waals surface area contributed by atoms with Crippen LogP contribution in [0.25, 0.3) is 16.8 Å². The SMILES string of the molecule is Cc1ccc(-c2cc3c(=O)n(C[C@@H](O)c4cc(C)ccc4C)ccn3n2)cc1. The van der Waals surface area contributed by atoms with Crippen molar-refractivity contribution in [1.29, 1.82) is 0 Å². The number of hydrogen-bond acceptors (Lipinski definition) is 3. The number of rotatable bonds is 4. The van der Waals surface area contributed by atoms with Gasteiger partial charge in [0.1, 0.15) is 5.52 Å². The number of aliphatic hydroxyl groups excluding tert-OH is 1. The lowest BCUT2D eigenvalue weighted by molar-refractivity contribution is 0.154. The van der Waals surface area contributed by atoms with Crippen molar-refractivity contribution in [2.24, 2.45) is 0 Å². The monoisotopic (exact) mass is 373 g/mol. The van der Waals surface area contributed by atoms with Crippen LogP contribution in [0.15, 0.2) is 65.7 Å². The molecule has 0 aliphatic rings. The quantitative estimate of drug-likeness (QED) is 0.592. The highest BCUT2D eigenvalue weighted by atomic mass is 16.3. The van der Waals surface area contributed by atoms with Gasteiger partial charge >= 0.3 is 0 Å². The lowest BCUT2D eigenvalue weighted by Gasteiger charge is -2.16. The van der Waals surface area contributed by atoms with E-state index in [2.05, 4.69) is 5.10 Å². The summed E-state index contributed by atoms with van der Waals surface area (Å²) in [5.74, 6) is 0. The van der Waals surface area contributed by atoms with E-state index in [1.807, 2.05) is 63.2 Å². The first-order chi connectivity index (χ1) is 13.4. The summed E-state index contributed by atoms with van der Waals surface area (Å²) in [4.78, 5) is 12.9. The van der Waals surface area contributed by atoms with Crippen molar-refractivity contribution in [3.05, 3.63) is 93.5 Å². The molecule has 0 radical (unpaired) electrons. The Morgan fingerprint density at radius 1 is 0.964 bits per heavy atom. The number of aromatic nitrogens is 3. The highest BCUT2D eigenvalue weighted by Gasteiger charge is 2.15. The Morgan fingerprint density at radius 2 is 1.68 bits per heavy atom. The Morgan fingerprint density at radius 3 is 2.43 bits per heavy atom. The van der Waals surface area contributed by atoms with E-state index in [-0.39, 0.29) is 12.1 Å². The maximum Gasteiger partial charge on any atom is 0.276 e. The average molecular weight is 373 g/mol. The number of aryl methyl sites for hydroxylation is 3. The molecule has 0 bridgehead atoms. The third-order valence-electron chi connectivity index (χ3n) is 5.11. The number of aliphatic hydroxyl groups is 1. The van der Waals surface area contributed by atoms with Gasteiger partial charge in [0.2, 0.25) is 0 Å². The van der Waals surface area contributed by atoms with Crippen molar-refractivity contribution in [3.8, 4) is 11.3 Å². The van der Waals surface area contributed by atoms with Crippen LogP contribution in [0, 0.1) is 20.8 Å². The molecule has 0 amide bonds. The summed E-state index contributed by atoms with van der Waals surface area (Å²) in [6.45, 7) is 6.19. The van der Waals surface area contributed by atoms with Gasteiger partial charge in [-0.05, 0) is 38.0 Å². The van der Waals surface area contributed by atoms with Crippen molar-refractivity contribution in [2.45, 2.75) is 33.4 Å². The normalized spacial score (nSPS) is 12.4. The maximum atomic E-state index is 12.9. The zero-order valence-electron chi connectivity index (χ0n) is 16.3. The van der Waals surface area contributed by atoms with Crippen LogP contribution in [0.1, 0.15) is 28.4 Å². The third kappa shape index (κ3) is 3.37. The molecule has 4 aromatic rings. The van der Waals surface area contributed by atoms with Crippen molar-refractivity contribution in [2.75, 3.05) is 0 Å². The van der Waals surface area contributed by atoms with Gasteiger partial charge in [-0.15, -0.1) is 0 Å². The summed E-state index contributed by atoms with van der Waals surface area (Å²) in [5, 5.41) is 15.2. The van der Waals surface area contributed by atoms with Crippen LogP contribution >= 0.6 is 0 Å². The molecule has 2 heterocycles. The van der Waals surface area contributed by atoms with Gasteiger partial charge in [0.15, 0.2) is 0 Å². The predicted octanol–water partition coefficient (Wildman–Crippen LogP) is 3.82. The molecule has 0 unspecified atom stereocenters. The minimum absolute atomic E-state index is 0.169. The Bertz CT molecular complexity index is 1200. The molecule has 142 valence electrons. The van der Waals surface area contributed by atoms with E-state index in [1.165, 1.54) is 5.56 Å². The van der Waals surface area contributed by atoms with E-state index in [9.17, 15) is 9.90 Å². The molecular formula is C23H23N3O2. The molecule has 5 heteroatoms. The van der Waals surface area contributed by atoms with E-state index in [4.69, 9.17) is 0 Å².